The highest BCUT2D eigenvalue weighted by atomic mass is 32.1. The van der Waals surface area contributed by atoms with E-state index >= 15 is 0 Å². The molecule has 3 rings (SSSR count). The highest BCUT2D eigenvalue weighted by Crippen LogP contribution is 2.25. The van der Waals surface area contributed by atoms with Crippen LogP contribution in [-0.2, 0) is 0 Å². The maximum atomic E-state index is 12.3. The van der Waals surface area contributed by atoms with Gasteiger partial charge in [0.25, 0.3) is 5.91 Å². The monoisotopic (exact) mass is 319 g/mol. The van der Waals surface area contributed by atoms with Crippen molar-refractivity contribution >= 4 is 28.2 Å². The molecule has 1 aliphatic heterocycles. The fraction of sp³-hybridized carbons (Fsp3) is 0.308. The molecular weight excluding hydrogens is 306 g/mol. The van der Waals surface area contributed by atoms with E-state index in [4.69, 9.17) is 0 Å². The van der Waals surface area contributed by atoms with Gasteiger partial charge in [-0.2, -0.15) is 0 Å². The number of carbonyl (C=O) groups excluding carboxylic acids is 1. The molecule has 1 amide bonds. The number of thiophene rings is 1. The average molecular weight is 319 g/mol. The highest BCUT2D eigenvalue weighted by molar-refractivity contribution is 7.17. The van der Waals surface area contributed by atoms with Crippen LogP contribution in [0.4, 0.5) is 10.9 Å². The van der Waals surface area contributed by atoms with Gasteiger partial charge < -0.3 is 9.80 Å². The number of hydrogen-bond acceptors (Lipinski definition) is 7. The topological polar surface area (TPSA) is 92.5 Å². The smallest absolute Gasteiger partial charge is 0.324 e. The molecule has 0 aliphatic carbocycles. The summed E-state index contributed by atoms with van der Waals surface area (Å²) in [6.45, 7) is 2.37. The molecule has 114 valence electrons. The molecule has 1 aliphatic rings. The molecule has 0 saturated carbocycles. The SMILES string of the molecule is O=C(c1ccc([N+](=O)[O-])s1)N1CCN(c2ncccn2)CC1. The van der Waals surface area contributed by atoms with Crippen molar-refractivity contribution < 1.29 is 9.72 Å². The second-order valence-electron chi connectivity index (χ2n) is 4.72. The van der Waals surface area contributed by atoms with Crippen LogP contribution in [0.25, 0.3) is 0 Å². The van der Waals surface area contributed by atoms with Crippen LogP contribution >= 0.6 is 11.3 Å². The zero-order chi connectivity index (χ0) is 15.5. The van der Waals surface area contributed by atoms with Gasteiger partial charge in [0.15, 0.2) is 0 Å². The summed E-state index contributed by atoms with van der Waals surface area (Å²) in [6.07, 6.45) is 3.37. The van der Waals surface area contributed by atoms with Crippen molar-refractivity contribution in [1.29, 1.82) is 0 Å². The third-order valence-electron chi connectivity index (χ3n) is 3.38. The maximum absolute atomic E-state index is 12.3. The first-order valence-corrected chi connectivity index (χ1v) is 7.52. The number of nitro groups is 1. The fourth-order valence-electron chi connectivity index (χ4n) is 2.26. The lowest BCUT2D eigenvalue weighted by atomic mass is 10.3. The number of aromatic nitrogens is 2. The summed E-state index contributed by atoms with van der Waals surface area (Å²) in [5.74, 6) is 0.494. The van der Waals surface area contributed by atoms with Gasteiger partial charge in [0.05, 0.1) is 9.80 Å². The Bertz CT molecular complexity index is 682. The van der Waals surface area contributed by atoms with Crippen LogP contribution in [0.3, 0.4) is 0 Å². The number of rotatable bonds is 3. The van der Waals surface area contributed by atoms with Gasteiger partial charge in [-0.1, -0.05) is 11.3 Å². The Morgan fingerprint density at radius 2 is 1.86 bits per heavy atom. The van der Waals surface area contributed by atoms with E-state index in [1.165, 1.54) is 12.1 Å². The molecule has 0 N–H and O–H groups in total. The third kappa shape index (κ3) is 2.89. The summed E-state index contributed by atoms with van der Waals surface area (Å²) in [4.78, 5) is 35.0. The molecule has 1 fully saturated rings. The van der Waals surface area contributed by atoms with Crippen molar-refractivity contribution in [2.75, 3.05) is 31.1 Å². The minimum Gasteiger partial charge on any atom is -0.337 e. The lowest BCUT2D eigenvalue weighted by molar-refractivity contribution is -0.380. The van der Waals surface area contributed by atoms with Crippen LogP contribution in [0, 0.1) is 10.1 Å². The predicted octanol–water partition coefficient (Wildman–Crippen LogP) is 1.41. The van der Waals surface area contributed by atoms with Crippen molar-refractivity contribution in [3.05, 3.63) is 45.6 Å². The van der Waals surface area contributed by atoms with Crippen molar-refractivity contribution in [2.24, 2.45) is 0 Å². The van der Waals surface area contributed by atoms with Gasteiger partial charge in [0, 0.05) is 44.6 Å². The maximum Gasteiger partial charge on any atom is 0.324 e. The first kappa shape index (κ1) is 14.4. The van der Waals surface area contributed by atoms with Crippen LogP contribution in [-0.4, -0.2) is 51.9 Å². The summed E-state index contributed by atoms with van der Waals surface area (Å²) < 4.78 is 0. The summed E-state index contributed by atoms with van der Waals surface area (Å²) in [5, 5.41) is 10.7. The summed E-state index contributed by atoms with van der Waals surface area (Å²) in [7, 11) is 0. The Hall–Kier alpha value is -2.55. The molecule has 2 aromatic heterocycles. The van der Waals surface area contributed by atoms with E-state index in [0.29, 0.717) is 37.0 Å². The normalized spacial score (nSPS) is 14.9. The van der Waals surface area contributed by atoms with E-state index in [9.17, 15) is 14.9 Å². The van der Waals surface area contributed by atoms with Crippen LogP contribution in [0.5, 0.6) is 0 Å². The van der Waals surface area contributed by atoms with Crippen LogP contribution in [0.2, 0.25) is 0 Å². The fourth-order valence-corrected chi connectivity index (χ4v) is 3.05. The average Bonchev–Trinajstić information content (AvgIpc) is 3.05. The van der Waals surface area contributed by atoms with Gasteiger partial charge >= 0.3 is 5.00 Å². The first-order valence-electron chi connectivity index (χ1n) is 6.70. The zero-order valence-corrected chi connectivity index (χ0v) is 12.4. The quantitative estimate of drug-likeness (QED) is 0.627. The molecular formula is C13H13N5O3S. The number of nitrogens with zero attached hydrogens (tertiary/aromatic N) is 5. The Morgan fingerprint density at radius 1 is 1.18 bits per heavy atom. The lowest BCUT2D eigenvalue weighted by Gasteiger charge is -2.34. The number of hydrogen-bond donors (Lipinski definition) is 0. The van der Waals surface area contributed by atoms with Crippen molar-refractivity contribution in [1.82, 2.24) is 14.9 Å². The molecule has 1 saturated heterocycles. The molecule has 0 radical (unpaired) electrons. The molecule has 0 unspecified atom stereocenters. The molecule has 3 heterocycles. The highest BCUT2D eigenvalue weighted by Gasteiger charge is 2.25. The molecule has 22 heavy (non-hydrogen) atoms. The Balaban J connectivity index is 1.63. The molecule has 0 aromatic carbocycles. The van der Waals surface area contributed by atoms with Gasteiger partial charge in [-0.25, -0.2) is 9.97 Å². The molecule has 2 aromatic rings. The van der Waals surface area contributed by atoms with Crippen LogP contribution < -0.4 is 4.90 Å². The lowest BCUT2D eigenvalue weighted by Crippen LogP contribution is -2.49. The van der Waals surface area contributed by atoms with Crippen molar-refractivity contribution in [3.63, 3.8) is 0 Å². The van der Waals surface area contributed by atoms with Gasteiger partial charge in [-0.3, -0.25) is 14.9 Å². The standard InChI is InChI=1S/C13H13N5O3S/c19-12(10-2-3-11(22-10)18(20)21)16-6-8-17(9-7-16)13-14-4-1-5-15-13/h1-5H,6-9H2. The number of carbonyl (C=O) groups is 1. The predicted molar refractivity (Wildman–Crippen MR) is 81.1 cm³/mol. The summed E-state index contributed by atoms with van der Waals surface area (Å²) in [5.41, 5.74) is 0. The Morgan fingerprint density at radius 3 is 2.45 bits per heavy atom. The van der Waals surface area contributed by atoms with Gasteiger partial charge in [0.2, 0.25) is 5.95 Å². The third-order valence-corrected chi connectivity index (χ3v) is 4.41. The second kappa shape index (κ2) is 6.06. The second-order valence-corrected chi connectivity index (χ2v) is 5.79. The van der Waals surface area contributed by atoms with Crippen molar-refractivity contribution in [2.45, 2.75) is 0 Å². The van der Waals surface area contributed by atoms with E-state index in [-0.39, 0.29) is 10.9 Å². The van der Waals surface area contributed by atoms with Gasteiger partial charge in [-0.15, -0.1) is 0 Å². The molecule has 8 nitrogen and oxygen atoms in total. The Labute approximate surface area is 130 Å². The molecule has 0 bridgehead atoms. The van der Waals surface area contributed by atoms with E-state index in [1.54, 1.807) is 23.4 Å². The largest absolute Gasteiger partial charge is 0.337 e. The zero-order valence-electron chi connectivity index (χ0n) is 11.6. The Kier molecular flexibility index (Phi) is 3.96. The van der Waals surface area contributed by atoms with Gasteiger partial charge in [-0.05, 0) is 12.1 Å². The van der Waals surface area contributed by atoms with Crippen LogP contribution in [0.15, 0.2) is 30.6 Å². The molecule has 0 atom stereocenters. The van der Waals surface area contributed by atoms with E-state index in [0.717, 1.165) is 11.3 Å². The number of anilines is 1. The van der Waals surface area contributed by atoms with E-state index in [2.05, 4.69) is 9.97 Å². The minimum absolute atomic E-state index is 0.0142. The number of piperazine rings is 1. The van der Waals surface area contributed by atoms with E-state index < -0.39 is 4.92 Å². The minimum atomic E-state index is -0.480. The van der Waals surface area contributed by atoms with Crippen LogP contribution in [0.1, 0.15) is 9.67 Å². The first-order chi connectivity index (χ1) is 10.6. The molecule has 9 heteroatoms. The van der Waals surface area contributed by atoms with E-state index in [1.807, 2.05) is 4.90 Å². The van der Waals surface area contributed by atoms with Crippen molar-refractivity contribution in [3.8, 4) is 0 Å². The number of amides is 1. The molecule has 0 spiro atoms. The van der Waals surface area contributed by atoms with Gasteiger partial charge in [0.1, 0.15) is 0 Å². The summed E-state index contributed by atoms with van der Waals surface area (Å²) in [6, 6.07) is 4.64. The summed E-state index contributed by atoms with van der Waals surface area (Å²) >= 11 is 0.911.